The van der Waals surface area contributed by atoms with Crippen LogP contribution in [0.5, 0.6) is 0 Å². The normalized spacial score (nSPS) is 14.7. The molecule has 1 N–H and O–H groups in total. The number of carbonyl (C=O) groups is 1. The first-order valence-corrected chi connectivity index (χ1v) is 9.00. The second-order valence-electron chi connectivity index (χ2n) is 6.79. The summed E-state index contributed by atoms with van der Waals surface area (Å²) in [7, 11) is 3.52. The van der Waals surface area contributed by atoms with Crippen LogP contribution in [0.1, 0.15) is 31.9 Å². The molecule has 0 unspecified atom stereocenters. The summed E-state index contributed by atoms with van der Waals surface area (Å²) in [5.74, 6) is 0.543. The number of nitrogens with one attached hydrogen (secondary N) is 1. The minimum atomic E-state index is -0.597. The van der Waals surface area contributed by atoms with E-state index in [2.05, 4.69) is 38.2 Å². The maximum absolute atomic E-state index is 12.7. The fraction of sp³-hybridized carbons (Fsp3) is 0.381. The van der Waals surface area contributed by atoms with Crippen LogP contribution in [0.25, 0.3) is 0 Å². The monoisotopic (exact) mass is 358 g/mol. The van der Waals surface area contributed by atoms with Crippen molar-refractivity contribution in [2.24, 2.45) is 11.8 Å². The van der Waals surface area contributed by atoms with E-state index in [-0.39, 0.29) is 11.9 Å². The summed E-state index contributed by atoms with van der Waals surface area (Å²) in [6, 6.07) is 17.9. The highest BCUT2D eigenvalue weighted by molar-refractivity contribution is 6.30. The SMILES string of the molecule is CNC(=O)N(C)[C@@](c1ccccc1)(c1ccc(Cl)cc1)[C@H](C)C(C)C. The lowest BCUT2D eigenvalue weighted by Crippen LogP contribution is -2.55. The minimum Gasteiger partial charge on any atom is -0.341 e. The van der Waals surface area contributed by atoms with Gasteiger partial charge in [0.25, 0.3) is 0 Å². The number of halogens is 1. The molecule has 0 heterocycles. The number of urea groups is 1. The average molecular weight is 359 g/mol. The quantitative estimate of drug-likeness (QED) is 0.787. The molecular formula is C21H27ClN2O. The highest BCUT2D eigenvalue weighted by Crippen LogP contribution is 2.45. The Kier molecular flexibility index (Phi) is 6.12. The standard InChI is InChI=1S/C21H27ClN2O/c1-15(2)16(3)21(24(5)20(25)23-4,17-9-7-6-8-10-17)18-11-13-19(22)14-12-18/h6-16H,1-5H3,(H,23,25)/t16-,21+/m1/s1. The Morgan fingerprint density at radius 1 is 1.00 bits per heavy atom. The molecule has 3 nitrogen and oxygen atoms in total. The van der Waals surface area contributed by atoms with Crippen molar-refractivity contribution in [1.82, 2.24) is 10.2 Å². The molecule has 2 rings (SSSR count). The van der Waals surface area contributed by atoms with Gasteiger partial charge in [-0.15, -0.1) is 0 Å². The first-order valence-electron chi connectivity index (χ1n) is 8.62. The van der Waals surface area contributed by atoms with Crippen LogP contribution in [0.4, 0.5) is 4.79 Å². The fourth-order valence-electron chi connectivity index (χ4n) is 3.59. The third kappa shape index (κ3) is 3.52. The summed E-state index contributed by atoms with van der Waals surface area (Å²) in [5.41, 5.74) is 1.54. The van der Waals surface area contributed by atoms with Crippen LogP contribution >= 0.6 is 11.6 Å². The third-order valence-corrected chi connectivity index (χ3v) is 5.46. The predicted octanol–water partition coefficient (Wildman–Crippen LogP) is 5.15. The lowest BCUT2D eigenvalue weighted by atomic mass is 9.68. The molecule has 0 aliphatic heterocycles. The second kappa shape index (κ2) is 7.92. The third-order valence-electron chi connectivity index (χ3n) is 5.20. The number of nitrogens with zero attached hydrogens (tertiary/aromatic N) is 1. The molecule has 0 saturated heterocycles. The summed E-state index contributed by atoms with van der Waals surface area (Å²) >= 11 is 6.13. The van der Waals surface area contributed by atoms with Gasteiger partial charge in [-0.25, -0.2) is 4.79 Å². The molecule has 0 aliphatic rings. The molecule has 0 bridgehead atoms. The van der Waals surface area contributed by atoms with E-state index in [1.807, 2.05) is 54.4 Å². The van der Waals surface area contributed by atoms with E-state index in [4.69, 9.17) is 11.6 Å². The molecule has 2 aromatic carbocycles. The number of carbonyl (C=O) groups excluding carboxylic acids is 1. The Morgan fingerprint density at radius 3 is 2.00 bits per heavy atom. The predicted molar refractivity (Wildman–Crippen MR) is 105 cm³/mol. The summed E-state index contributed by atoms with van der Waals surface area (Å²) in [6.45, 7) is 6.58. The lowest BCUT2D eigenvalue weighted by molar-refractivity contribution is 0.0964. The molecule has 134 valence electrons. The van der Waals surface area contributed by atoms with Crippen LogP contribution in [0.2, 0.25) is 5.02 Å². The highest BCUT2D eigenvalue weighted by Gasteiger charge is 2.46. The van der Waals surface area contributed by atoms with Crippen molar-refractivity contribution in [3.8, 4) is 0 Å². The van der Waals surface area contributed by atoms with Gasteiger partial charge in [0.2, 0.25) is 0 Å². The van der Waals surface area contributed by atoms with Crippen LogP contribution < -0.4 is 5.32 Å². The molecule has 2 aromatic rings. The Hall–Kier alpha value is -2.00. The van der Waals surface area contributed by atoms with E-state index in [9.17, 15) is 4.79 Å². The Morgan fingerprint density at radius 2 is 1.52 bits per heavy atom. The zero-order valence-electron chi connectivity index (χ0n) is 15.6. The fourth-order valence-corrected chi connectivity index (χ4v) is 3.72. The molecular weight excluding hydrogens is 332 g/mol. The number of benzene rings is 2. The highest BCUT2D eigenvalue weighted by atomic mass is 35.5. The molecule has 4 heteroatoms. The number of amides is 2. The van der Waals surface area contributed by atoms with Crippen molar-refractivity contribution < 1.29 is 4.79 Å². The Bertz CT molecular complexity index is 700. The van der Waals surface area contributed by atoms with Gasteiger partial charge in [0.1, 0.15) is 0 Å². The molecule has 0 aliphatic carbocycles. The van der Waals surface area contributed by atoms with Crippen molar-refractivity contribution in [1.29, 1.82) is 0 Å². The van der Waals surface area contributed by atoms with E-state index >= 15 is 0 Å². The van der Waals surface area contributed by atoms with E-state index in [1.54, 1.807) is 7.05 Å². The minimum absolute atomic E-state index is 0.119. The molecule has 2 amide bonds. The van der Waals surface area contributed by atoms with Crippen LogP contribution in [-0.2, 0) is 5.54 Å². The largest absolute Gasteiger partial charge is 0.341 e. The van der Waals surface area contributed by atoms with E-state index in [0.717, 1.165) is 11.1 Å². The van der Waals surface area contributed by atoms with Crippen LogP contribution in [0.3, 0.4) is 0 Å². The van der Waals surface area contributed by atoms with Crippen LogP contribution in [0.15, 0.2) is 54.6 Å². The first kappa shape index (κ1) is 19.3. The summed E-state index contributed by atoms with van der Waals surface area (Å²) in [5, 5.41) is 3.46. The lowest BCUT2D eigenvalue weighted by Gasteiger charge is -2.48. The van der Waals surface area contributed by atoms with Gasteiger partial charge in [-0.2, -0.15) is 0 Å². The van der Waals surface area contributed by atoms with Crippen LogP contribution in [-0.4, -0.2) is 25.0 Å². The maximum atomic E-state index is 12.7. The van der Waals surface area contributed by atoms with Crippen molar-refractivity contribution >= 4 is 17.6 Å². The van der Waals surface area contributed by atoms with Crippen LogP contribution in [0, 0.1) is 11.8 Å². The molecule has 0 spiro atoms. The maximum Gasteiger partial charge on any atom is 0.317 e. The van der Waals surface area contributed by atoms with Gasteiger partial charge in [-0.1, -0.05) is 74.8 Å². The van der Waals surface area contributed by atoms with Crippen molar-refractivity contribution in [2.75, 3.05) is 14.1 Å². The summed E-state index contributed by atoms with van der Waals surface area (Å²) < 4.78 is 0. The van der Waals surface area contributed by atoms with Crippen molar-refractivity contribution in [3.05, 3.63) is 70.7 Å². The number of hydrogen-bond donors (Lipinski definition) is 1. The topological polar surface area (TPSA) is 32.3 Å². The number of hydrogen-bond acceptors (Lipinski definition) is 1. The molecule has 0 saturated carbocycles. The second-order valence-corrected chi connectivity index (χ2v) is 7.22. The Balaban J connectivity index is 2.82. The average Bonchev–Trinajstić information content (AvgIpc) is 2.63. The Labute approximate surface area is 156 Å². The van der Waals surface area contributed by atoms with Crippen molar-refractivity contribution in [2.45, 2.75) is 26.3 Å². The summed E-state index contributed by atoms with van der Waals surface area (Å²) in [4.78, 5) is 14.5. The van der Waals surface area contributed by atoms with Gasteiger partial charge in [-0.3, -0.25) is 0 Å². The zero-order chi connectivity index (χ0) is 18.6. The smallest absolute Gasteiger partial charge is 0.317 e. The van der Waals surface area contributed by atoms with Gasteiger partial charge in [0.05, 0.1) is 5.54 Å². The van der Waals surface area contributed by atoms with Gasteiger partial charge < -0.3 is 10.2 Å². The van der Waals surface area contributed by atoms with Crippen molar-refractivity contribution in [3.63, 3.8) is 0 Å². The van der Waals surface area contributed by atoms with E-state index in [0.29, 0.717) is 10.9 Å². The van der Waals surface area contributed by atoms with Gasteiger partial charge in [0, 0.05) is 19.1 Å². The van der Waals surface area contributed by atoms with Gasteiger partial charge in [-0.05, 0) is 35.1 Å². The van der Waals surface area contributed by atoms with E-state index in [1.165, 1.54) is 0 Å². The number of rotatable bonds is 5. The molecule has 0 aromatic heterocycles. The molecule has 25 heavy (non-hydrogen) atoms. The molecule has 2 atom stereocenters. The van der Waals surface area contributed by atoms with Gasteiger partial charge >= 0.3 is 6.03 Å². The van der Waals surface area contributed by atoms with E-state index < -0.39 is 5.54 Å². The first-order chi connectivity index (χ1) is 11.9. The summed E-state index contributed by atoms with van der Waals surface area (Å²) in [6.07, 6.45) is 0. The molecule has 0 fully saturated rings. The zero-order valence-corrected chi connectivity index (χ0v) is 16.3. The van der Waals surface area contributed by atoms with Gasteiger partial charge in [0.15, 0.2) is 0 Å². The molecule has 0 radical (unpaired) electrons.